The van der Waals surface area contributed by atoms with Crippen LogP contribution in [0.5, 0.6) is 5.75 Å². The number of nitrogens with zero attached hydrogens (tertiary/aromatic N) is 1. The summed E-state index contributed by atoms with van der Waals surface area (Å²) in [6.07, 6.45) is 0. The van der Waals surface area contributed by atoms with E-state index in [2.05, 4.69) is 10.3 Å². The first kappa shape index (κ1) is 14.1. The Morgan fingerprint density at radius 3 is 2.91 bits per heavy atom. The number of carbonyl (C=O) groups is 1. The highest BCUT2D eigenvalue weighted by Gasteiger charge is 2.14. The molecule has 3 rings (SSSR count). The summed E-state index contributed by atoms with van der Waals surface area (Å²) < 4.78 is 24.4. The van der Waals surface area contributed by atoms with Gasteiger partial charge in [0.1, 0.15) is 17.1 Å². The molecule has 2 aromatic carbocycles. The Balaban J connectivity index is 1.85. The minimum Gasteiger partial charge on any atom is -0.494 e. The first-order valence-corrected chi connectivity index (χ1v) is 6.76. The van der Waals surface area contributed by atoms with Gasteiger partial charge in [0.2, 0.25) is 0 Å². The quantitative estimate of drug-likeness (QED) is 0.799. The zero-order valence-corrected chi connectivity index (χ0v) is 11.8. The lowest BCUT2D eigenvalue weighted by Gasteiger charge is -2.01. The lowest BCUT2D eigenvalue weighted by molar-refractivity contribution is 0.102. The molecule has 22 heavy (non-hydrogen) atoms. The Hall–Kier alpha value is -2.89. The number of hydrogen-bond donors (Lipinski definition) is 1. The average molecular weight is 300 g/mol. The van der Waals surface area contributed by atoms with Gasteiger partial charge in [-0.15, -0.1) is 0 Å². The summed E-state index contributed by atoms with van der Waals surface area (Å²) in [7, 11) is 0. The highest BCUT2D eigenvalue weighted by Crippen LogP contribution is 2.24. The van der Waals surface area contributed by atoms with Crippen molar-refractivity contribution in [1.82, 2.24) is 4.98 Å². The maximum absolute atomic E-state index is 13.6. The summed E-state index contributed by atoms with van der Waals surface area (Å²) >= 11 is 0. The summed E-state index contributed by atoms with van der Waals surface area (Å²) in [5, 5.41) is 2.44. The van der Waals surface area contributed by atoms with Crippen LogP contribution >= 0.6 is 0 Å². The summed E-state index contributed by atoms with van der Waals surface area (Å²) in [6, 6.07) is 10.9. The van der Waals surface area contributed by atoms with E-state index in [9.17, 15) is 9.18 Å². The standard InChI is InChI=1S/C16H13FN2O3/c1-2-21-10-7-8-13-14(9-10)22-16(18-13)19-15(20)11-5-3-4-6-12(11)17/h3-9H,2H2,1H3,(H,18,19,20). The lowest BCUT2D eigenvalue weighted by atomic mass is 10.2. The van der Waals surface area contributed by atoms with Crippen molar-refractivity contribution in [2.24, 2.45) is 0 Å². The molecule has 0 aliphatic heterocycles. The number of ether oxygens (including phenoxy) is 1. The molecule has 3 aromatic rings. The number of hydrogen-bond acceptors (Lipinski definition) is 4. The first-order valence-electron chi connectivity index (χ1n) is 6.76. The molecule has 0 aliphatic carbocycles. The number of anilines is 1. The number of oxazole rings is 1. The molecule has 0 radical (unpaired) electrons. The molecular formula is C16H13FN2O3. The van der Waals surface area contributed by atoms with E-state index in [-0.39, 0.29) is 11.6 Å². The van der Waals surface area contributed by atoms with Crippen LogP contribution in [0.25, 0.3) is 11.1 Å². The molecular weight excluding hydrogens is 287 g/mol. The minimum atomic E-state index is -0.616. The van der Waals surface area contributed by atoms with Crippen molar-refractivity contribution < 1.29 is 18.3 Å². The van der Waals surface area contributed by atoms with Crippen LogP contribution in [-0.4, -0.2) is 17.5 Å². The monoisotopic (exact) mass is 300 g/mol. The molecule has 0 aliphatic rings. The largest absolute Gasteiger partial charge is 0.494 e. The zero-order valence-electron chi connectivity index (χ0n) is 11.8. The SMILES string of the molecule is CCOc1ccc2nc(NC(=O)c3ccccc3F)oc2c1. The summed E-state index contributed by atoms with van der Waals surface area (Å²) in [5.41, 5.74) is 0.988. The van der Waals surface area contributed by atoms with E-state index in [1.54, 1.807) is 24.3 Å². The second kappa shape index (κ2) is 5.85. The lowest BCUT2D eigenvalue weighted by Crippen LogP contribution is -2.13. The van der Waals surface area contributed by atoms with Gasteiger partial charge in [-0.25, -0.2) is 4.39 Å². The molecule has 0 atom stereocenters. The molecule has 112 valence electrons. The second-order valence-electron chi connectivity index (χ2n) is 4.52. The van der Waals surface area contributed by atoms with Gasteiger partial charge in [-0.05, 0) is 31.2 Å². The van der Waals surface area contributed by atoms with Gasteiger partial charge >= 0.3 is 6.01 Å². The van der Waals surface area contributed by atoms with Gasteiger partial charge in [-0.2, -0.15) is 4.98 Å². The third-order valence-electron chi connectivity index (χ3n) is 3.01. The van der Waals surface area contributed by atoms with Crippen molar-refractivity contribution in [3.05, 3.63) is 53.8 Å². The van der Waals surface area contributed by atoms with E-state index < -0.39 is 11.7 Å². The van der Waals surface area contributed by atoms with E-state index in [0.717, 1.165) is 0 Å². The van der Waals surface area contributed by atoms with Gasteiger partial charge in [-0.1, -0.05) is 12.1 Å². The molecule has 6 heteroatoms. The third-order valence-corrected chi connectivity index (χ3v) is 3.01. The summed E-state index contributed by atoms with van der Waals surface area (Å²) in [5.74, 6) is -0.567. The smallest absolute Gasteiger partial charge is 0.302 e. The fourth-order valence-corrected chi connectivity index (χ4v) is 2.02. The van der Waals surface area contributed by atoms with E-state index in [1.807, 2.05) is 6.92 Å². The number of halogens is 1. The van der Waals surface area contributed by atoms with Gasteiger partial charge in [0.25, 0.3) is 5.91 Å². The Morgan fingerprint density at radius 2 is 2.14 bits per heavy atom. The summed E-state index contributed by atoms with van der Waals surface area (Å²) in [4.78, 5) is 16.1. The predicted octanol–water partition coefficient (Wildman–Crippen LogP) is 3.62. The molecule has 0 spiro atoms. The molecule has 5 nitrogen and oxygen atoms in total. The van der Waals surface area contributed by atoms with Crippen molar-refractivity contribution >= 4 is 23.0 Å². The Kier molecular flexibility index (Phi) is 3.74. The maximum Gasteiger partial charge on any atom is 0.302 e. The topological polar surface area (TPSA) is 64.4 Å². The van der Waals surface area contributed by atoms with Crippen LogP contribution in [0.2, 0.25) is 0 Å². The predicted molar refractivity (Wildman–Crippen MR) is 79.5 cm³/mol. The molecule has 1 aromatic heterocycles. The highest BCUT2D eigenvalue weighted by atomic mass is 19.1. The first-order chi connectivity index (χ1) is 10.7. The number of rotatable bonds is 4. The minimum absolute atomic E-state index is 0.0110. The average Bonchev–Trinajstić information content (AvgIpc) is 2.89. The fourth-order valence-electron chi connectivity index (χ4n) is 2.02. The fraction of sp³-hybridized carbons (Fsp3) is 0.125. The summed E-state index contributed by atoms with van der Waals surface area (Å²) in [6.45, 7) is 2.42. The molecule has 0 saturated carbocycles. The van der Waals surface area contributed by atoms with Crippen LogP contribution < -0.4 is 10.1 Å². The van der Waals surface area contributed by atoms with Crippen LogP contribution in [0, 0.1) is 5.82 Å². The van der Waals surface area contributed by atoms with E-state index >= 15 is 0 Å². The van der Waals surface area contributed by atoms with Crippen molar-refractivity contribution in [2.45, 2.75) is 6.92 Å². The Labute approximate surface area is 125 Å². The number of nitrogens with one attached hydrogen (secondary N) is 1. The van der Waals surface area contributed by atoms with E-state index in [0.29, 0.717) is 23.5 Å². The molecule has 1 heterocycles. The Morgan fingerprint density at radius 1 is 1.32 bits per heavy atom. The van der Waals surface area contributed by atoms with Crippen LogP contribution in [0.4, 0.5) is 10.4 Å². The van der Waals surface area contributed by atoms with Crippen molar-refractivity contribution in [1.29, 1.82) is 0 Å². The molecule has 0 unspecified atom stereocenters. The molecule has 0 fully saturated rings. The van der Waals surface area contributed by atoms with Crippen molar-refractivity contribution in [3.63, 3.8) is 0 Å². The normalized spacial score (nSPS) is 10.6. The van der Waals surface area contributed by atoms with Crippen molar-refractivity contribution in [2.75, 3.05) is 11.9 Å². The number of benzene rings is 2. The zero-order chi connectivity index (χ0) is 15.5. The number of aromatic nitrogens is 1. The molecule has 1 amide bonds. The number of fused-ring (bicyclic) bond motifs is 1. The van der Waals surface area contributed by atoms with Crippen LogP contribution in [-0.2, 0) is 0 Å². The van der Waals surface area contributed by atoms with Gasteiger partial charge < -0.3 is 9.15 Å². The van der Waals surface area contributed by atoms with Gasteiger partial charge in [0, 0.05) is 6.07 Å². The van der Waals surface area contributed by atoms with Gasteiger partial charge in [-0.3, -0.25) is 10.1 Å². The van der Waals surface area contributed by atoms with E-state index in [1.165, 1.54) is 18.2 Å². The molecule has 1 N–H and O–H groups in total. The maximum atomic E-state index is 13.6. The van der Waals surface area contributed by atoms with Crippen molar-refractivity contribution in [3.8, 4) is 5.75 Å². The third kappa shape index (κ3) is 2.76. The van der Waals surface area contributed by atoms with Crippen LogP contribution in [0.15, 0.2) is 46.9 Å². The molecule has 0 saturated heterocycles. The van der Waals surface area contributed by atoms with Crippen LogP contribution in [0.3, 0.4) is 0 Å². The Bertz CT molecular complexity index is 829. The second-order valence-corrected chi connectivity index (χ2v) is 4.52. The highest BCUT2D eigenvalue weighted by molar-refractivity contribution is 6.03. The van der Waals surface area contributed by atoms with Gasteiger partial charge in [0.05, 0.1) is 12.2 Å². The number of carbonyl (C=O) groups excluding carboxylic acids is 1. The van der Waals surface area contributed by atoms with E-state index in [4.69, 9.17) is 9.15 Å². The van der Waals surface area contributed by atoms with Gasteiger partial charge in [0.15, 0.2) is 5.58 Å². The van der Waals surface area contributed by atoms with Crippen LogP contribution in [0.1, 0.15) is 17.3 Å². The number of amides is 1. The molecule has 0 bridgehead atoms.